The molecule has 0 bridgehead atoms. The molecular weight excluding hydrogens is 316 g/mol. The van der Waals surface area contributed by atoms with E-state index in [-0.39, 0.29) is 23.4 Å². The van der Waals surface area contributed by atoms with E-state index in [1.54, 1.807) is 0 Å². The van der Waals surface area contributed by atoms with Crippen LogP contribution in [0, 0.1) is 6.92 Å². The Hall–Kier alpha value is -2.37. The molecule has 1 N–H and O–H groups in total. The number of carbonyl (C=O) groups is 2. The summed E-state index contributed by atoms with van der Waals surface area (Å²) in [6, 6.07) is 5.90. The summed E-state index contributed by atoms with van der Waals surface area (Å²) < 4.78 is 1.95. The number of carbonyl (C=O) groups excluding carboxylic acids is 2. The van der Waals surface area contributed by atoms with Crippen LogP contribution < -0.4 is 5.32 Å². The van der Waals surface area contributed by atoms with Gasteiger partial charge in [0.25, 0.3) is 5.91 Å². The lowest BCUT2D eigenvalue weighted by Gasteiger charge is -2.45. The lowest BCUT2D eigenvalue weighted by atomic mass is 9.81. The van der Waals surface area contributed by atoms with Crippen LogP contribution in [0.2, 0.25) is 0 Å². The number of nitrogens with zero attached hydrogens (tertiary/aromatic N) is 3. The van der Waals surface area contributed by atoms with E-state index in [0.29, 0.717) is 12.1 Å². The Bertz CT molecular complexity index is 843. The number of pyridine rings is 1. The SMILES string of the molecule is Cc1cccc2nc(C(=O)N3CCCC[C@]4(C)NC(=O)CC[C@H]34)cn12. The molecule has 0 aliphatic carbocycles. The standard InChI is InChI=1S/C19H24N4O2/c1-13-6-5-7-16-20-14(12-23(13)16)18(25)22-11-4-3-10-19(2)15(22)8-9-17(24)21-19/h5-7,12,15H,3-4,8-11H2,1-2H3,(H,21,24)/t15-,19-/m0/s1. The first-order valence-electron chi connectivity index (χ1n) is 9.05. The van der Waals surface area contributed by atoms with Crippen molar-refractivity contribution >= 4 is 17.5 Å². The van der Waals surface area contributed by atoms with Gasteiger partial charge in [0.1, 0.15) is 11.3 Å². The van der Waals surface area contributed by atoms with E-state index in [0.717, 1.165) is 43.6 Å². The Balaban J connectivity index is 1.69. The molecule has 2 aliphatic heterocycles. The van der Waals surface area contributed by atoms with Crippen LogP contribution in [0.4, 0.5) is 0 Å². The minimum Gasteiger partial charge on any atom is -0.349 e. The van der Waals surface area contributed by atoms with E-state index in [4.69, 9.17) is 0 Å². The highest BCUT2D eigenvalue weighted by molar-refractivity contribution is 5.93. The number of fused-ring (bicyclic) bond motifs is 2. The highest BCUT2D eigenvalue weighted by atomic mass is 16.2. The molecule has 0 spiro atoms. The Labute approximate surface area is 147 Å². The summed E-state index contributed by atoms with van der Waals surface area (Å²) in [5.41, 5.74) is 1.99. The summed E-state index contributed by atoms with van der Waals surface area (Å²) in [6.07, 6.45) is 5.92. The smallest absolute Gasteiger partial charge is 0.274 e. The molecule has 0 radical (unpaired) electrons. The number of piperidine rings is 1. The zero-order chi connectivity index (χ0) is 17.6. The molecular formula is C19H24N4O2. The monoisotopic (exact) mass is 340 g/mol. The number of aryl methyl sites for hydroxylation is 1. The average molecular weight is 340 g/mol. The molecule has 2 aliphatic rings. The lowest BCUT2D eigenvalue weighted by molar-refractivity contribution is -0.126. The van der Waals surface area contributed by atoms with Crippen LogP contribution in [0.5, 0.6) is 0 Å². The predicted octanol–water partition coefficient (Wildman–Crippen LogP) is 2.31. The zero-order valence-electron chi connectivity index (χ0n) is 14.8. The second kappa shape index (κ2) is 5.86. The average Bonchev–Trinajstić information content (AvgIpc) is 2.93. The van der Waals surface area contributed by atoms with E-state index >= 15 is 0 Å². The largest absolute Gasteiger partial charge is 0.349 e. The van der Waals surface area contributed by atoms with Gasteiger partial charge >= 0.3 is 0 Å². The summed E-state index contributed by atoms with van der Waals surface area (Å²) in [4.78, 5) is 31.6. The van der Waals surface area contributed by atoms with Gasteiger partial charge in [0, 0.05) is 24.9 Å². The summed E-state index contributed by atoms with van der Waals surface area (Å²) in [7, 11) is 0. The maximum atomic E-state index is 13.2. The van der Waals surface area contributed by atoms with Crippen molar-refractivity contribution in [2.24, 2.45) is 0 Å². The Morgan fingerprint density at radius 2 is 2.20 bits per heavy atom. The van der Waals surface area contributed by atoms with Crippen LogP contribution >= 0.6 is 0 Å². The summed E-state index contributed by atoms with van der Waals surface area (Å²) >= 11 is 0. The van der Waals surface area contributed by atoms with Gasteiger partial charge in [-0.3, -0.25) is 9.59 Å². The molecule has 0 unspecified atom stereocenters. The molecule has 25 heavy (non-hydrogen) atoms. The van der Waals surface area contributed by atoms with E-state index < -0.39 is 0 Å². The van der Waals surface area contributed by atoms with Crippen molar-refractivity contribution in [2.75, 3.05) is 6.54 Å². The molecule has 132 valence electrons. The molecule has 2 amide bonds. The first-order valence-corrected chi connectivity index (χ1v) is 9.05. The molecule has 4 rings (SSSR count). The maximum absolute atomic E-state index is 13.2. The van der Waals surface area contributed by atoms with Crippen molar-refractivity contribution in [3.63, 3.8) is 0 Å². The van der Waals surface area contributed by atoms with Gasteiger partial charge in [-0.2, -0.15) is 0 Å². The fourth-order valence-corrected chi connectivity index (χ4v) is 4.35. The Morgan fingerprint density at radius 1 is 1.36 bits per heavy atom. The number of amides is 2. The van der Waals surface area contributed by atoms with Crippen LogP contribution in [0.15, 0.2) is 24.4 Å². The highest BCUT2D eigenvalue weighted by Gasteiger charge is 2.45. The molecule has 2 aromatic rings. The maximum Gasteiger partial charge on any atom is 0.274 e. The molecule has 6 heteroatoms. The Morgan fingerprint density at radius 3 is 3.00 bits per heavy atom. The van der Waals surface area contributed by atoms with Crippen molar-refractivity contribution in [1.29, 1.82) is 0 Å². The van der Waals surface area contributed by atoms with E-state index in [1.165, 1.54) is 0 Å². The number of likely N-dealkylation sites (tertiary alicyclic amines) is 1. The number of imidazole rings is 1. The summed E-state index contributed by atoms with van der Waals surface area (Å²) in [6.45, 7) is 4.80. The normalized spacial score (nSPS) is 26.9. The molecule has 0 saturated carbocycles. The lowest BCUT2D eigenvalue weighted by Crippen LogP contribution is -2.63. The number of rotatable bonds is 1. The number of hydrogen-bond acceptors (Lipinski definition) is 3. The third kappa shape index (κ3) is 2.69. The van der Waals surface area contributed by atoms with Crippen molar-refractivity contribution in [3.05, 3.63) is 35.8 Å². The molecule has 6 nitrogen and oxygen atoms in total. The second-order valence-electron chi connectivity index (χ2n) is 7.50. The minimum atomic E-state index is -0.337. The van der Waals surface area contributed by atoms with Crippen LogP contribution in [0.1, 0.15) is 55.2 Å². The number of nitrogens with one attached hydrogen (secondary N) is 1. The molecule has 2 fully saturated rings. The van der Waals surface area contributed by atoms with E-state index in [9.17, 15) is 9.59 Å². The first kappa shape index (κ1) is 16.1. The fourth-order valence-electron chi connectivity index (χ4n) is 4.35. The second-order valence-corrected chi connectivity index (χ2v) is 7.50. The molecule has 2 saturated heterocycles. The van der Waals surface area contributed by atoms with Gasteiger partial charge in [-0.25, -0.2) is 4.98 Å². The number of hydrogen-bond donors (Lipinski definition) is 1. The van der Waals surface area contributed by atoms with Crippen LogP contribution in [-0.4, -0.2) is 44.2 Å². The topological polar surface area (TPSA) is 66.7 Å². The third-order valence-electron chi connectivity index (χ3n) is 5.70. The molecule has 4 heterocycles. The van der Waals surface area contributed by atoms with Gasteiger partial charge in [0.2, 0.25) is 5.91 Å². The van der Waals surface area contributed by atoms with Gasteiger partial charge in [-0.05, 0) is 51.7 Å². The van der Waals surface area contributed by atoms with Crippen LogP contribution in [0.25, 0.3) is 5.65 Å². The highest BCUT2D eigenvalue weighted by Crippen LogP contribution is 2.33. The Kier molecular flexibility index (Phi) is 3.78. The fraction of sp³-hybridized carbons (Fsp3) is 0.526. The van der Waals surface area contributed by atoms with Gasteiger partial charge < -0.3 is 14.6 Å². The number of aromatic nitrogens is 2. The van der Waals surface area contributed by atoms with E-state index in [2.05, 4.69) is 17.2 Å². The molecule has 0 aromatic carbocycles. The molecule has 2 atom stereocenters. The van der Waals surface area contributed by atoms with Crippen molar-refractivity contribution < 1.29 is 9.59 Å². The first-order chi connectivity index (χ1) is 12.0. The summed E-state index contributed by atoms with van der Waals surface area (Å²) in [5.74, 6) is 0.0637. The quantitative estimate of drug-likeness (QED) is 0.866. The van der Waals surface area contributed by atoms with Gasteiger partial charge in [0.15, 0.2) is 0 Å². The third-order valence-corrected chi connectivity index (χ3v) is 5.70. The van der Waals surface area contributed by atoms with Gasteiger partial charge in [-0.1, -0.05) is 6.07 Å². The van der Waals surface area contributed by atoms with Crippen molar-refractivity contribution in [1.82, 2.24) is 19.6 Å². The van der Waals surface area contributed by atoms with Gasteiger partial charge in [0.05, 0.1) is 11.6 Å². The van der Waals surface area contributed by atoms with E-state index in [1.807, 2.05) is 40.6 Å². The minimum absolute atomic E-state index is 0.0302. The molecule has 2 aromatic heterocycles. The van der Waals surface area contributed by atoms with Crippen molar-refractivity contribution in [3.8, 4) is 0 Å². The van der Waals surface area contributed by atoms with Crippen LogP contribution in [0.3, 0.4) is 0 Å². The van der Waals surface area contributed by atoms with Gasteiger partial charge in [-0.15, -0.1) is 0 Å². The van der Waals surface area contributed by atoms with Crippen molar-refractivity contribution in [2.45, 2.75) is 57.5 Å². The van der Waals surface area contributed by atoms with Crippen LogP contribution in [-0.2, 0) is 4.79 Å². The zero-order valence-corrected chi connectivity index (χ0v) is 14.8. The predicted molar refractivity (Wildman–Crippen MR) is 94.4 cm³/mol. The summed E-state index contributed by atoms with van der Waals surface area (Å²) in [5, 5.41) is 3.15.